The maximum absolute atomic E-state index is 12.2. The predicted molar refractivity (Wildman–Crippen MR) is 193 cm³/mol. The Morgan fingerprint density at radius 1 is 0.827 bits per heavy atom. The molecule has 0 bridgehead atoms. The molecule has 0 saturated carbocycles. The molecule has 0 radical (unpaired) electrons. The second kappa shape index (κ2) is 16.1. The molecule has 274 valence electrons. The number of carbonyl (C=O) groups is 2. The highest BCUT2D eigenvalue weighted by atomic mass is 35.5. The molecule has 0 aliphatic carbocycles. The highest BCUT2D eigenvalue weighted by Crippen LogP contribution is 2.42. The van der Waals surface area contributed by atoms with Crippen LogP contribution in [-0.4, -0.2) is 88.4 Å². The van der Waals surface area contributed by atoms with Gasteiger partial charge in [-0.1, -0.05) is 59.6 Å². The van der Waals surface area contributed by atoms with Crippen molar-refractivity contribution in [2.24, 2.45) is 0 Å². The van der Waals surface area contributed by atoms with Crippen LogP contribution in [0.25, 0.3) is 33.6 Å². The molecule has 4 heterocycles. The van der Waals surface area contributed by atoms with Crippen LogP contribution in [0.4, 0.5) is 0 Å². The van der Waals surface area contributed by atoms with Crippen molar-refractivity contribution in [3.8, 4) is 45.4 Å². The molecule has 15 nitrogen and oxygen atoms in total. The van der Waals surface area contributed by atoms with Gasteiger partial charge in [0.05, 0.1) is 54.6 Å². The van der Waals surface area contributed by atoms with Crippen LogP contribution in [0.1, 0.15) is 37.1 Å². The van der Waals surface area contributed by atoms with Crippen LogP contribution < -0.4 is 25.4 Å². The van der Waals surface area contributed by atoms with Crippen molar-refractivity contribution in [3.05, 3.63) is 70.2 Å². The van der Waals surface area contributed by atoms with Crippen LogP contribution in [0, 0.1) is 0 Å². The van der Waals surface area contributed by atoms with Crippen LogP contribution in [-0.2, 0) is 33.0 Å². The number of hydrogen-bond donors (Lipinski definition) is 4. The summed E-state index contributed by atoms with van der Waals surface area (Å²) in [5.74, 6) is 0.234. The SMILES string of the molecule is COc1nc(-c2cccc(-c3cccc(-c4cnc(CN(CC5CCC(=O)N5)S(=O)(=O)O)c(OC)n4)c3Cl)c2Cl)cnc1CNCC1CCC(=O)N1. The molecular formula is C34H36Cl2N8O7S. The van der Waals surface area contributed by atoms with E-state index in [4.69, 9.17) is 32.7 Å². The molecule has 2 aliphatic heterocycles. The number of nitrogens with one attached hydrogen (secondary N) is 3. The molecule has 2 fully saturated rings. The summed E-state index contributed by atoms with van der Waals surface area (Å²) in [7, 11) is -1.76. The zero-order chi connectivity index (χ0) is 37.0. The molecule has 2 atom stereocenters. The Morgan fingerprint density at radius 2 is 1.33 bits per heavy atom. The van der Waals surface area contributed by atoms with Crippen molar-refractivity contribution >= 4 is 45.3 Å². The summed E-state index contributed by atoms with van der Waals surface area (Å²) < 4.78 is 46.2. The minimum Gasteiger partial charge on any atom is -0.480 e. The van der Waals surface area contributed by atoms with E-state index in [1.54, 1.807) is 18.3 Å². The molecule has 6 rings (SSSR count). The number of halogens is 2. The van der Waals surface area contributed by atoms with Crippen molar-refractivity contribution in [1.29, 1.82) is 0 Å². The third kappa shape index (κ3) is 8.43. The molecule has 2 saturated heterocycles. The number of methoxy groups -OCH3 is 2. The van der Waals surface area contributed by atoms with Crippen molar-refractivity contribution in [2.45, 2.75) is 50.9 Å². The zero-order valence-corrected chi connectivity index (χ0v) is 30.6. The van der Waals surface area contributed by atoms with E-state index in [1.165, 1.54) is 20.4 Å². The lowest BCUT2D eigenvalue weighted by molar-refractivity contribution is -0.120. The summed E-state index contributed by atoms with van der Waals surface area (Å²) >= 11 is 14.0. The minimum atomic E-state index is -4.65. The number of nitrogens with zero attached hydrogens (tertiary/aromatic N) is 5. The largest absolute Gasteiger partial charge is 0.480 e. The van der Waals surface area contributed by atoms with Crippen LogP contribution in [0.2, 0.25) is 10.0 Å². The number of ether oxygens (including phenoxy) is 2. The predicted octanol–water partition coefficient (Wildman–Crippen LogP) is 3.84. The highest BCUT2D eigenvalue weighted by molar-refractivity contribution is 7.83. The van der Waals surface area contributed by atoms with E-state index >= 15 is 0 Å². The topological polar surface area (TPSA) is 198 Å². The van der Waals surface area contributed by atoms with Crippen LogP contribution in [0.5, 0.6) is 11.8 Å². The number of carbonyl (C=O) groups excluding carboxylic acids is 2. The number of rotatable bonds is 14. The molecule has 4 aromatic rings. The summed E-state index contributed by atoms with van der Waals surface area (Å²) in [6.07, 6.45) is 5.08. The maximum Gasteiger partial charge on any atom is 0.336 e. The summed E-state index contributed by atoms with van der Waals surface area (Å²) in [4.78, 5) is 41.4. The van der Waals surface area contributed by atoms with Gasteiger partial charge in [-0.15, -0.1) is 0 Å². The number of amides is 2. The van der Waals surface area contributed by atoms with Gasteiger partial charge in [0.2, 0.25) is 23.6 Å². The zero-order valence-electron chi connectivity index (χ0n) is 28.2. The van der Waals surface area contributed by atoms with Crippen molar-refractivity contribution in [1.82, 2.24) is 40.2 Å². The maximum atomic E-state index is 12.2. The van der Waals surface area contributed by atoms with Gasteiger partial charge >= 0.3 is 10.3 Å². The smallest absolute Gasteiger partial charge is 0.336 e. The molecule has 0 spiro atoms. The van der Waals surface area contributed by atoms with Crippen LogP contribution in [0.3, 0.4) is 0 Å². The average molecular weight is 772 g/mol. The normalized spacial score (nSPS) is 17.3. The molecule has 2 aliphatic rings. The molecule has 2 aromatic carbocycles. The quantitative estimate of drug-likeness (QED) is 0.135. The molecule has 2 amide bonds. The fourth-order valence-corrected chi connectivity index (χ4v) is 7.45. The van der Waals surface area contributed by atoms with Gasteiger partial charge in [0.1, 0.15) is 11.4 Å². The lowest BCUT2D eigenvalue weighted by Crippen LogP contribution is -2.41. The van der Waals surface area contributed by atoms with Crippen molar-refractivity contribution < 1.29 is 32.0 Å². The summed E-state index contributed by atoms with van der Waals surface area (Å²) in [5, 5.41) is 9.62. The summed E-state index contributed by atoms with van der Waals surface area (Å²) in [6.45, 7) is 0.506. The van der Waals surface area contributed by atoms with Crippen molar-refractivity contribution in [3.63, 3.8) is 0 Å². The van der Waals surface area contributed by atoms with E-state index in [0.29, 0.717) is 81.2 Å². The lowest BCUT2D eigenvalue weighted by Gasteiger charge is -2.22. The Kier molecular flexibility index (Phi) is 11.5. The monoisotopic (exact) mass is 770 g/mol. The third-order valence-corrected chi connectivity index (χ3v) is 10.5. The Morgan fingerprint density at radius 3 is 1.83 bits per heavy atom. The first-order chi connectivity index (χ1) is 24.9. The van der Waals surface area contributed by atoms with Gasteiger partial charge in [-0.05, 0) is 12.8 Å². The molecular weight excluding hydrogens is 735 g/mol. The standard InChI is InChI=1S/C34H36Cl2N8O7S/c1-50-33-27(14-37-13-19-9-11-29(45)40-19)38-15-25(42-33)23-7-3-5-21(31(23)35)22-6-4-8-24(32(22)36)26-16-39-28(34(43-26)51-2)18-44(52(47,48)49)17-20-10-12-30(46)41-20/h3-8,15-16,19-20,37H,9-14,17-18H2,1-2H3,(H,40,45)(H,41,46)(H,47,48,49). The number of aromatic nitrogens is 4. The van der Waals surface area contributed by atoms with E-state index in [9.17, 15) is 22.6 Å². The molecule has 2 aromatic heterocycles. The Hall–Kier alpha value is -4.45. The van der Waals surface area contributed by atoms with E-state index in [-0.39, 0.29) is 48.9 Å². The van der Waals surface area contributed by atoms with E-state index in [0.717, 1.165) is 10.7 Å². The fourth-order valence-electron chi connectivity index (χ4n) is 6.15. The first kappa shape index (κ1) is 37.3. The highest BCUT2D eigenvalue weighted by Gasteiger charge is 2.30. The number of hydrogen-bond acceptors (Lipinski definition) is 11. The third-order valence-electron chi connectivity index (χ3n) is 8.78. The van der Waals surface area contributed by atoms with Gasteiger partial charge in [0, 0.05) is 66.8 Å². The second-order valence-corrected chi connectivity index (χ2v) is 14.4. The number of benzene rings is 2. The lowest BCUT2D eigenvalue weighted by atomic mass is 9.98. The van der Waals surface area contributed by atoms with Gasteiger partial charge in [0.25, 0.3) is 0 Å². The van der Waals surface area contributed by atoms with Gasteiger partial charge in [-0.3, -0.25) is 24.1 Å². The summed E-state index contributed by atoms with van der Waals surface area (Å²) in [5.41, 5.74) is 3.92. The molecule has 4 N–H and O–H groups in total. The Bertz CT molecular complexity index is 2110. The molecule has 18 heteroatoms. The van der Waals surface area contributed by atoms with Gasteiger partial charge in [0.15, 0.2) is 0 Å². The first-order valence-electron chi connectivity index (χ1n) is 16.3. The fraction of sp³-hybridized carbons (Fsp3) is 0.353. The Labute approximate surface area is 310 Å². The average Bonchev–Trinajstić information content (AvgIpc) is 3.74. The molecule has 2 unspecified atom stereocenters. The second-order valence-electron chi connectivity index (χ2n) is 12.3. The van der Waals surface area contributed by atoms with E-state index < -0.39 is 16.3 Å². The van der Waals surface area contributed by atoms with E-state index in [2.05, 4.69) is 35.9 Å². The van der Waals surface area contributed by atoms with Crippen LogP contribution in [0.15, 0.2) is 48.8 Å². The van der Waals surface area contributed by atoms with Crippen molar-refractivity contribution in [2.75, 3.05) is 27.3 Å². The molecule has 52 heavy (non-hydrogen) atoms. The minimum absolute atomic E-state index is 0.0274. The van der Waals surface area contributed by atoms with Gasteiger partial charge < -0.3 is 25.4 Å². The van der Waals surface area contributed by atoms with E-state index in [1.807, 2.05) is 24.3 Å². The van der Waals surface area contributed by atoms with Crippen LogP contribution >= 0.6 is 23.2 Å². The van der Waals surface area contributed by atoms with Gasteiger partial charge in [-0.2, -0.15) is 12.7 Å². The summed E-state index contributed by atoms with van der Waals surface area (Å²) in [6, 6.07) is 10.5. The van der Waals surface area contributed by atoms with Gasteiger partial charge in [-0.25, -0.2) is 9.97 Å². The Balaban J connectivity index is 1.24. The first-order valence-corrected chi connectivity index (χ1v) is 18.5.